The molecule has 1 rings (SSSR count). The van der Waals surface area contributed by atoms with Gasteiger partial charge in [-0.1, -0.05) is 24.4 Å². The van der Waals surface area contributed by atoms with E-state index in [2.05, 4.69) is 10.6 Å². The summed E-state index contributed by atoms with van der Waals surface area (Å²) in [6.45, 7) is 1.71. The van der Waals surface area contributed by atoms with Crippen LogP contribution in [0.5, 0.6) is 5.75 Å². The van der Waals surface area contributed by atoms with Crippen LogP contribution in [-0.4, -0.2) is 32.6 Å². The highest BCUT2D eigenvalue weighted by atomic mass is 35.5. The van der Waals surface area contributed by atoms with Crippen molar-refractivity contribution in [1.82, 2.24) is 4.72 Å². The number of terminal acetylenes is 1. The Balaban J connectivity index is 3.49. The Hall–Kier alpha value is -1.75. The minimum Gasteiger partial charge on any atom is -0.494 e. The summed E-state index contributed by atoms with van der Waals surface area (Å²) in [5.41, 5.74) is -0.348. The van der Waals surface area contributed by atoms with Gasteiger partial charge in [-0.05, 0) is 18.6 Å². The molecule has 8 heteroatoms. The SMILES string of the molecule is C#CC(CC)NS(=O)(=O)c1cc(Cl)cc(C(=O)O)c1OC. The molecule has 1 aromatic rings. The van der Waals surface area contributed by atoms with E-state index in [0.29, 0.717) is 6.42 Å². The molecule has 0 saturated carbocycles. The highest BCUT2D eigenvalue weighted by molar-refractivity contribution is 7.89. The van der Waals surface area contributed by atoms with Gasteiger partial charge in [0.05, 0.1) is 13.2 Å². The van der Waals surface area contributed by atoms with Crippen LogP contribution in [0.4, 0.5) is 0 Å². The summed E-state index contributed by atoms with van der Waals surface area (Å²) in [6.07, 6.45) is 5.60. The van der Waals surface area contributed by atoms with Crippen molar-refractivity contribution in [2.24, 2.45) is 0 Å². The molecule has 0 amide bonds. The minimum atomic E-state index is -4.07. The van der Waals surface area contributed by atoms with Crippen LogP contribution in [0.3, 0.4) is 0 Å². The maximum absolute atomic E-state index is 12.3. The van der Waals surface area contributed by atoms with Gasteiger partial charge in [0.25, 0.3) is 0 Å². The molecule has 0 fully saturated rings. The van der Waals surface area contributed by atoms with Gasteiger partial charge < -0.3 is 9.84 Å². The second kappa shape index (κ2) is 6.80. The molecular formula is C13H14ClNO5S. The van der Waals surface area contributed by atoms with E-state index in [1.54, 1.807) is 6.92 Å². The molecular weight excluding hydrogens is 318 g/mol. The minimum absolute atomic E-state index is 0.0395. The molecule has 0 bridgehead atoms. The number of benzene rings is 1. The smallest absolute Gasteiger partial charge is 0.339 e. The van der Waals surface area contributed by atoms with Gasteiger partial charge in [0.2, 0.25) is 10.0 Å². The monoisotopic (exact) mass is 331 g/mol. The molecule has 0 saturated heterocycles. The van der Waals surface area contributed by atoms with E-state index in [1.807, 2.05) is 0 Å². The topological polar surface area (TPSA) is 92.7 Å². The first-order valence-corrected chi connectivity index (χ1v) is 7.72. The Morgan fingerprint density at radius 1 is 1.57 bits per heavy atom. The molecule has 2 N–H and O–H groups in total. The molecule has 6 nitrogen and oxygen atoms in total. The lowest BCUT2D eigenvalue weighted by atomic mass is 10.2. The number of nitrogens with one attached hydrogen (secondary N) is 1. The number of hydrogen-bond donors (Lipinski definition) is 2. The summed E-state index contributed by atoms with van der Waals surface area (Å²) in [5.74, 6) is 0.635. The van der Waals surface area contributed by atoms with E-state index in [-0.39, 0.29) is 21.2 Å². The predicted octanol–water partition coefficient (Wildman–Crippen LogP) is 1.74. The zero-order valence-electron chi connectivity index (χ0n) is 11.4. The van der Waals surface area contributed by atoms with Gasteiger partial charge in [-0.25, -0.2) is 13.2 Å². The summed E-state index contributed by atoms with van der Waals surface area (Å²) in [5, 5.41) is 9.06. The van der Waals surface area contributed by atoms with Gasteiger partial charge in [-0.2, -0.15) is 4.72 Å². The number of carboxylic acids is 1. The fraction of sp³-hybridized carbons (Fsp3) is 0.308. The molecule has 0 aliphatic heterocycles. The molecule has 0 aromatic heterocycles. The van der Waals surface area contributed by atoms with E-state index in [9.17, 15) is 13.2 Å². The summed E-state index contributed by atoms with van der Waals surface area (Å²) in [4.78, 5) is 10.8. The second-order valence-corrected chi connectivity index (χ2v) is 6.16. The van der Waals surface area contributed by atoms with Crippen LogP contribution >= 0.6 is 11.6 Å². The van der Waals surface area contributed by atoms with Gasteiger partial charge in [0.15, 0.2) is 5.75 Å². The lowest BCUT2D eigenvalue weighted by Crippen LogP contribution is -2.33. The first-order chi connectivity index (χ1) is 9.76. The van der Waals surface area contributed by atoms with Crippen LogP contribution in [0, 0.1) is 12.3 Å². The van der Waals surface area contributed by atoms with Gasteiger partial charge in [-0.3, -0.25) is 0 Å². The Labute approximate surface area is 128 Å². The largest absolute Gasteiger partial charge is 0.494 e. The molecule has 0 spiro atoms. The molecule has 0 aliphatic rings. The number of hydrogen-bond acceptors (Lipinski definition) is 4. The van der Waals surface area contributed by atoms with Crippen molar-refractivity contribution in [2.75, 3.05) is 7.11 Å². The van der Waals surface area contributed by atoms with Crippen molar-refractivity contribution in [2.45, 2.75) is 24.3 Å². The van der Waals surface area contributed by atoms with Crippen LogP contribution in [0.1, 0.15) is 23.7 Å². The zero-order chi connectivity index (χ0) is 16.2. The molecule has 1 atom stereocenters. The molecule has 114 valence electrons. The third-order valence-corrected chi connectivity index (χ3v) is 4.35. The quantitative estimate of drug-likeness (QED) is 0.774. The predicted molar refractivity (Wildman–Crippen MR) is 78.2 cm³/mol. The Morgan fingerprint density at radius 2 is 2.19 bits per heavy atom. The highest BCUT2D eigenvalue weighted by Gasteiger charge is 2.27. The third-order valence-electron chi connectivity index (χ3n) is 2.65. The van der Waals surface area contributed by atoms with Gasteiger partial charge in [0.1, 0.15) is 10.5 Å². The van der Waals surface area contributed by atoms with Crippen molar-refractivity contribution in [3.8, 4) is 18.1 Å². The number of methoxy groups -OCH3 is 1. The van der Waals surface area contributed by atoms with E-state index < -0.39 is 22.0 Å². The average Bonchev–Trinajstić information content (AvgIpc) is 2.43. The van der Waals surface area contributed by atoms with Crippen LogP contribution in [0.15, 0.2) is 17.0 Å². The zero-order valence-corrected chi connectivity index (χ0v) is 13.0. The Bertz CT molecular complexity index is 693. The number of halogens is 1. The highest BCUT2D eigenvalue weighted by Crippen LogP contribution is 2.32. The van der Waals surface area contributed by atoms with Crippen molar-refractivity contribution in [3.05, 3.63) is 22.7 Å². The first kappa shape index (κ1) is 17.3. The molecule has 0 aliphatic carbocycles. The fourth-order valence-electron chi connectivity index (χ4n) is 1.62. The van der Waals surface area contributed by atoms with Crippen LogP contribution in [-0.2, 0) is 10.0 Å². The maximum atomic E-state index is 12.3. The molecule has 1 aromatic carbocycles. The molecule has 0 radical (unpaired) electrons. The van der Waals surface area contributed by atoms with Gasteiger partial charge in [0, 0.05) is 5.02 Å². The van der Waals surface area contributed by atoms with E-state index in [0.717, 1.165) is 12.1 Å². The summed E-state index contributed by atoms with van der Waals surface area (Å²) in [6, 6.07) is 1.51. The van der Waals surface area contributed by atoms with Crippen molar-refractivity contribution in [3.63, 3.8) is 0 Å². The normalized spacial score (nSPS) is 12.5. The van der Waals surface area contributed by atoms with Gasteiger partial charge in [-0.15, -0.1) is 6.42 Å². The Morgan fingerprint density at radius 3 is 2.62 bits per heavy atom. The number of carboxylic acid groups (broad SMARTS) is 1. The summed E-state index contributed by atoms with van der Waals surface area (Å²) >= 11 is 5.78. The lowest BCUT2D eigenvalue weighted by Gasteiger charge is -2.15. The van der Waals surface area contributed by atoms with Crippen molar-refractivity contribution in [1.29, 1.82) is 0 Å². The fourth-order valence-corrected chi connectivity index (χ4v) is 3.36. The van der Waals surface area contributed by atoms with Crippen LogP contribution in [0.25, 0.3) is 0 Å². The van der Waals surface area contributed by atoms with E-state index in [1.165, 1.54) is 7.11 Å². The molecule has 0 heterocycles. The third kappa shape index (κ3) is 3.88. The number of aromatic carboxylic acids is 1. The number of sulfonamides is 1. The molecule has 21 heavy (non-hydrogen) atoms. The van der Waals surface area contributed by atoms with Crippen molar-refractivity contribution >= 4 is 27.6 Å². The number of ether oxygens (including phenoxy) is 1. The Kier molecular flexibility index (Phi) is 5.61. The van der Waals surface area contributed by atoms with E-state index >= 15 is 0 Å². The number of carbonyl (C=O) groups is 1. The number of rotatable bonds is 6. The average molecular weight is 332 g/mol. The summed E-state index contributed by atoms with van der Waals surface area (Å²) < 4.78 is 31.9. The van der Waals surface area contributed by atoms with E-state index in [4.69, 9.17) is 27.9 Å². The van der Waals surface area contributed by atoms with Gasteiger partial charge >= 0.3 is 5.97 Å². The lowest BCUT2D eigenvalue weighted by molar-refractivity contribution is 0.0693. The molecule has 1 unspecified atom stereocenters. The summed E-state index contributed by atoms with van der Waals surface area (Å²) in [7, 11) is -2.90. The van der Waals surface area contributed by atoms with Crippen molar-refractivity contribution < 1.29 is 23.1 Å². The second-order valence-electron chi connectivity index (χ2n) is 4.04. The maximum Gasteiger partial charge on any atom is 0.339 e. The van der Waals surface area contributed by atoms with Crippen LogP contribution < -0.4 is 9.46 Å². The standard InChI is InChI=1S/C13H14ClNO5S/c1-4-9(5-2)15-21(18,19)11-7-8(14)6-10(13(16)17)12(11)20-3/h1,6-7,9,15H,5H2,2-3H3,(H,16,17). The first-order valence-electron chi connectivity index (χ1n) is 5.86. The van der Waals surface area contributed by atoms with Crippen LogP contribution in [0.2, 0.25) is 5.02 Å².